The Morgan fingerprint density at radius 2 is 1.92 bits per heavy atom. The van der Waals surface area contributed by atoms with Gasteiger partial charge in [0.2, 0.25) is 0 Å². The average Bonchev–Trinajstić information content (AvgIpc) is 3.21. The molecule has 1 unspecified atom stereocenters. The lowest BCUT2D eigenvalue weighted by Crippen LogP contribution is -2.24. The van der Waals surface area contributed by atoms with Crippen molar-refractivity contribution in [3.8, 4) is 0 Å². The Kier molecular flexibility index (Phi) is 7.91. The number of aliphatic hydroxyl groups excluding tert-OH is 1. The van der Waals surface area contributed by atoms with Crippen LogP contribution in [-0.2, 0) is 16.0 Å². The highest BCUT2D eigenvalue weighted by Gasteiger charge is 2.45. The zero-order chi connectivity index (χ0) is 18.1. The first kappa shape index (κ1) is 19.9. The number of carbonyl (C=O) groups is 1. The third-order valence-corrected chi connectivity index (χ3v) is 5.34. The number of hydrogen-bond donors (Lipinski definition) is 2. The molecule has 2 N–H and O–H groups in total. The van der Waals surface area contributed by atoms with Gasteiger partial charge in [0.25, 0.3) is 0 Å². The van der Waals surface area contributed by atoms with Gasteiger partial charge in [0, 0.05) is 0 Å². The smallest absolute Gasteiger partial charge is 0.305 e. The maximum atomic E-state index is 10.4. The molecule has 2 aliphatic rings. The van der Waals surface area contributed by atoms with Gasteiger partial charge in [-0.15, -0.1) is 0 Å². The summed E-state index contributed by atoms with van der Waals surface area (Å²) in [4.78, 5) is 10.4. The molecule has 25 heavy (non-hydrogen) atoms. The molecule has 0 amide bonds. The molecule has 140 valence electrons. The Balaban J connectivity index is 0.000000236. The van der Waals surface area contributed by atoms with E-state index < -0.39 is 12.1 Å². The second-order valence-electron chi connectivity index (χ2n) is 7.34. The van der Waals surface area contributed by atoms with Gasteiger partial charge in [-0.1, -0.05) is 50.1 Å². The summed E-state index contributed by atoms with van der Waals surface area (Å²) in [5, 5.41) is 17.9. The molecule has 2 fully saturated rings. The van der Waals surface area contributed by atoms with Crippen molar-refractivity contribution in [1.29, 1.82) is 0 Å². The van der Waals surface area contributed by atoms with Gasteiger partial charge < -0.3 is 14.9 Å². The Labute approximate surface area is 151 Å². The van der Waals surface area contributed by atoms with E-state index in [2.05, 4.69) is 31.2 Å². The quantitative estimate of drug-likeness (QED) is 0.686. The van der Waals surface area contributed by atoms with Crippen LogP contribution in [0, 0.1) is 0 Å². The van der Waals surface area contributed by atoms with Crippen molar-refractivity contribution in [2.24, 2.45) is 0 Å². The first-order valence-electron chi connectivity index (χ1n) is 9.64. The number of aliphatic carboxylic acids is 1. The van der Waals surface area contributed by atoms with E-state index in [1.807, 2.05) is 6.07 Å². The van der Waals surface area contributed by atoms with Crippen molar-refractivity contribution in [3.63, 3.8) is 0 Å². The second kappa shape index (κ2) is 9.93. The maximum Gasteiger partial charge on any atom is 0.305 e. The summed E-state index contributed by atoms with van der Waals surface area (Å²) in [5.41, 5.74) is 1.55. The van der Waals surface area contributed by atoms with Gasteiger partial charge in [-0.25, -0.2) is 0 Å². The summed E-state index contributed by atoms with van der Waals surface area (Å²) in [5.74, 6) is -0.922. The fraction of sp³-hybridized carbons (Fsp3) is 0.667. The summed E-state index contributed by atoms with van der Waals surface area (Å²) < 4.78 is 5.97. The van der Waals surface area contributed by atoms with Gasteiger partial charge in [-0.3, -0.25) is 4.79 Å². The van der Waals surface area contributed by atoms with Crippen molar-refractivity contribution >= 4 is 5.97 Å². The number of unbranched alkanes of at least 4 members (excludes halogenated alkanes) is 1. The molecule has 2 aliphatic heterocycles. The number of fused-ring (bicyclic) bond motifs is 2. The van der Waals surface area contributed by atoms with Crippen molar-refractivity contribution in [2.45, 2.75) is 88.9 Å². The van der Waals surface area contributed by atoms with Crippen LogP contribution >= 0.6 is 0 Å². The zero-order valence-corrected chi connectivity index (χ0v) is 15.3. The number of ether oxygens (including phenoxy) is 1. The molecule has 2 heterocycles. The number of hydrogen-bond acceptors (Lipinski definition) is 3. The molecule has 2 bridgehead atoms. The molecular weight excluding hydrogens is 316 g/mol. The molecule has 4 heteroatoms. The fourth-order valence-electron chi connectivity index (χ4n) is 3.86. The molecule has 1 aromatic carbocycles. The minimum absolute atomic E-state index is 0.135. The van der Waals surface area contributed by atoms with Crippen molar-refractivity contribution < 1.29 is 19.7 Å². The molecule has 3 rings (SSSR count). The van der Waals surface area contributed by atoms with Gasteiger partial charge in [0.15, 0.2) is 0 Å². The van der Waals surface area contributed by atoms with Crippen LogP contribution in [0.4, 0.5) is 0 Å². The van der Waals surface area contributed by atoms with Crippen LogP contribution in [-0.4, -0.2) is 34.0 Å². The van der Waals surface area contributed by atoms with Crippen LogP contribution < -0.4 is 0 Å². The fourth-order valence-corrected chi connectivity index (χ4v) is 3.86. The molecule has 0 spiro atoms. The number of benzene rings is 1. The SMILES string of the molecule is CCc1ccccc1.O=C(O)CC(O)CCCCC12CCC(CC1)O2. The van der Waals surface area contributed by atoms with E-state index in [0.29, 0.717) is 12.5 Å². The Bertz CT molecular complexity index is 506. The van der Waals surface area contributed by atoms with Gasteiger partial charge >= 0.3 is 5.97 Å². The van der Waals surface area contributed by atoms with Crippen molar-refractivity contribution in [3.05, 3.63) is 35.9 Å². The zero-order valence-electron chi connectivity index (χ0n) is 15.3. The first-order valence-corrected chi connectivity index (χ1v) is 9.64. The van der Waals surface area contributed by atoms with Crippen molar-refractivity contribution in [2.75, 3.05) is 0 Å². The summed E-state index contributed by atoms with van der Waals surface area (Å²) in [6.45, 7) is 2.16. The lowest BCUT2D eigenvalue weighted by Gasteiger charge is -2.24. The van der Waals surface area contributed by atoms with Gasteiger partial charge in [-0.05, 0) is 50.5 Å². The molecule has 0 saturated carbocycles. The first-order chi connectivity index (χ1) is 12.0. The summed E-state index contributed by atoms with van der Waals surface area (Å²) >= 11 is 0. The summed E-state index contributed by atoms with van der Waals surface area (Å²) in [6.07, 6.45) is 9.21. The molecule has 2 saturated heterocycles. The monoisotopic (exact) mass is 348 g/mol. The van der Waals surface area contributed by atoms with E-state index in [0.717, 1.165) is 25.7 Å². The Hall–Kier alpha value is -1.39. The standard InChI is InChI=1S/C13H22O4.C8H10/c14-10(9-12(15)16)3-1-2-6-13-7-4-11(17-13)5-8-13;1-2-8-6-4-3-5-7-8/h10-11,14H,1-9H2,(H,15,16);3-7H,2H2,1H3. The van der Waals surface area contributed by atoms with E-state index in [-0.39, 0.29) is 12.0 Å². The molecule has 4 nitrogen and oxygen atoms in total. The van der Waals surface area contributed by atoms with Crippen LogP contribution in [0.3, 0.4) is 0 Å². The summed E-state index contributed by atoms with van der Waals surface area (Å²) in [6, 6.07) is 10.5. The molecule has 0 aliphatic carbocycles. The molecular formula is C21H32O4. The van der Waals surface area contributed by atoms with Gasteiger partial charge in [-0.2, -0.15) is 0 Å². The molecule has 0 aromatic heterocycles. The maximum absolute atomic E-state index is 10.4. The Morgan fingerprint density at radius 3 is 2.40 bits per heavy atom. The highest BCUT2D eigenvalue weighted by Crippen LogP contribution is 2.46. The number of carboxylic acids is 1. The predicted molar refractivity (Wildman–Crippen MR) is 98.6 cm³/mol. The number of aliphatic hydroxyl groups is 1. The van der Waals surface area contributed by atoms with Crippen LogP contribution in [0.1, 0.15) is 70.3 Å². The van der Waals surface area contributed by atoms with Crippen LogP contribution in [0.2, 0.25) is 0 Å². The topological polar surface area (TPSA) is 66.8 Å². The van der Waals surface area contributed by atoms with E-state index in [1.165, 1.54) is 31.2 Å². The van der Waals surface area contributed by atoms with E-state index >= 15 is 0 Å². The predicted octanol–water partition coefficient (Wildman–Crippen LogP) is 4.34. The molecule has 0 radical (unpaired) electrons. The third kappa shape index (κ3) is 6.79. The highest BCUT2D eigenvalue weighted by atomic mass is 16.5. The lowest BCUT2D eigenvalue weighted by molar-refractivity contribution is -0.139. The third-order valence-electron chi connectivity index (χ3n) is 5.34. The van der Waals surface area contributed by atoms with Gasteiger partial charge in [0.05, 0.1) is 24.2 Å². The normalized spacial score (nSPS) is 25.3. The van der Waals surface area contributed by atoms with Crippen LogP contribution in [0.25, 0.3) is 0 Å². The summed E-state index contributed by atoms with van der Waals surface area (Å²) in [7, 11) is 0. The Morgan fingerprint density at radius 1 is 1.24 bits per heavy atom. The van der Waals surface area contributed by atoms with E-state index in [1.54, 1.807) is 0 Å². The minimum Gasteiger partial charge on any atom is -0.481 e. The number of aryl methyl sites for hydroxylation is 1. The largest absolute Gasteiger partial charge is 0.481 e. The molecule has 1 atom stereocenters. The van der Waals surface area contributed by atoms with E-state index in [9.17, 15) is 9.90 Å². The minimum atomic E-state index is -0.922. The lowest BCUT2D eigenvalue weighted by atomic mass is 9.84. The van der Waals surface area contributed by atoms with Crippen LogP contribution in [0.5, 0.6) is 0 Å². The average molecular weight is 348 g/mol. The van der Waals surface area contributed by atoms with Crippen LogP contribution in [0.15, 0.2) is 30.3 Å². The second-order valence-corrected chi connectivity index (χ2v) is 7.34. The van der Waals surface area contributed by atoms with Crippen molar-refractivity contribution in [1.82, 2.24) is 0 Å². The number of rotatable bonds is 8. The number of carboxylic acid groups (broad SMARTS) is 1. The highest BCUT2D eigenvalue weighted by molar-refractivity contribution is 5.67. The molecule has 1 aromatic rings. The van der Waals surface area contributed by atoms with E-state index in [4.69, 9.17) is 9.84 Å². The van der Waals surface area contributed by atoms with Gasteiger partial charge in [0.1, 0.15) is 0 Å².